The number of esters is 1. The molecule has 1 rings (SSSR count). The Kier molecular flexibility index (Phi) is 5.12. The normalized spacial score (nSPS) is 11.0. The van der Waals surface area contributed by atoms with Crippen molar-refractivity contribution in [1.29, 1.82) is 0 Å². The molecule has 0 aromatic heterocycles. The lowest BCUT2D eigenvalue weighted by Crippen LogP contribution is -2.05. The monoisotopic (exact) mass is 220 g/mol. The smallest absolute Gasteiger partial charge is 0.336 e. The lowest BCUT2D eigenvalue weighted by atomic mass is 10.2. The summed E-state index contributed by atoms with van der Waals surface area (Å²) in [5.74, 6) is -0.337. The molecule has 0 saturated carbocycles. The predicted molar refractivity (Wildman–Crippen MR) is 61.6 cm³/mol. The zero-order valence-electron chi connectivity index (χ0n) is 9.60. The van der Waals surface area contributed by atoms with E-state index in [0.717, 1.165) is 5.56 Å². The first-order chi connectivity index (χ1) is 7.74. The fourth-order valence-electron chi connectivity index (χ4n) is 1.13. The number of hydrogen-bond acceptors (Lipinski definition) is 3. The van der Waals surface area contributed by atoms with Gasteiger partial charge in [0.1, 0.15) is 6.61 Å². The van der Waals surface area contributed by atoms with E-state index in [1.165, 1.54) is 6.26 Å². The van der Waals surface area contributed by atoms with Gasteiger partial charge in [0.05, 0.1) is 18.4 Å². The van der Waals surface area contributed by atoms with Gasteiger partial charge in [-0.05, 0) is 19.4 Å². The van der Waals surface area contributed by atoms with Crippen LogP contribution in [0.2, 0.25) is 0 Å². The summed E-state index contributed by atoms with van der Waals surface area (Å²) in [5.41, 5.74) is 1.54. The van der Waals surface area contributed by atoms with Gasteiger partial charge in [0, 0.05) is 0 Å². The maximum atomic E-state index is 11.2. The first kappa shape index (κ1) is 12.3. The van der Waals surface area contributed by atoms with Crippen LogP contribution >= 0.6 is 0 Å². The van der Waals surface area contributed by atoms with E-state index in [-0.39, 0.29) is 5.97 Å². The van der Waals surface area contributed by atoms with Crippen LogP contribution in [0.15, 0.2) is 42.2 Å². The van der Waals surface area contributed by atoms with Crippen molar-refractivity contribution >= 4 is 5.97 Å². The summed E-state index contributed by atoms with van der Waals surface area (Å²) in [6.07, 6.45) is 1.44. The molecule has 3 nitrogen and oxygen atoms in total. The van der Waals surface area contributed by atoms with E-state index in [0.29, 0.717) is 18.8 Å². The molecule has 0 aliphatic rings. The van der Waals surface area contributed by atoms with Crippen LogP contribution in [0.1, 0.15) is 19.4 Å². The van der Waals surface area contributed by atoms with Gasteiger partial charge in [-0.3, -0.25) is 0 Å². The molecule has 0 radical (unpaired) electrons. The maximum Gasteiger partial charge on any atom is 0.336 e. The lowest BCUT2D eigenvalue weighted by Gasteiger charge is -2.03. The number of hydrogen-bond donors (Lipinski definition) is 0. The second-order valence-corrected chi connectivity index (χ2v) is 3.32. The molecule has 3 heteroatoms. The molecular formula is C13H16O3. The predicted octanol–water partition coefficient (Wildman–Crippen LogP) is 2.67. The minimum Gasteiger partial charge on any atom is -0.496 e. The second kappa shape index (κ2) is 6.67. The number of ether oxygens (including phenoxy) is 2. The van der Waals surface area contributed by atoms with Crippen LogP contribution in [-0.2, 0) is 20.9 Å². The Labute approximate surface area is 95.7 Å². The number of rotatable bonds is 5. The van der Waals surface area contributed by atoms with Gasteiger partial charge in [0.2, 0.25) is 0 Å². The van der Waals surface area contributed by atoms with Crippen LogP contribution in [0.25, 0.3) is 0 Å². The van der Waals surface area contributed by atoms with E-state index in [9.17, 15) is 4.79 Å². The molecule has 0 fully saturated rings. The Morgan fingerprint density at radius 3 is 2.62 bits per heavy atom. The van der Waals surface area contributed by atoms with Gasteiger partial charge in [0.15, 0.2) is 0 Å². The maximum absolute atomic E-state index is 11.2. The molecule has 0 unspecified atom stereocenters. The van der Waals surface area contributed by atoms with Gasteiger partial charge in [-0.2, -0.15) is 0 Å². The third kappa shape index (κ3) is 4.17. The summed E-state index contributed by atoms with van der Waals surface area (Å²) < 4.78 is 10.1. The largest absolute Gasteiger partial charge is 0.496 e. The summed E-state index contributed by atoms with van der Waals surface area (Å²) in [5, 5.41) is 0. The molecular weight excluding hydrogens is 204 g/mol. The highest BCUT2D eigenvalue weighted by Crippen LogP contribution is 2.03. The third-order valence-corrected chi connectivity index (χ3v) is 1.95. The Morgan fingerprint density at radius 2 is 2.00 bits per heavy atom. The first-order valence-corrected chi connectivity index (χ1v) is 5.23. The van der Waals surface area contributed by atoms with Gasteiger partial charge in [-0.15, -0.1) is 0 Å². The Bertz CT molecular complexity index is 355. The molecule has 0 saturated heterocycles. The average molecular weight is 220 g/mol. The molecule has 0 amide bonds. The lowest BCUT2D eigenvalue weighted by molar-refractivity contribution is -0.138. The molecule has 0 heterocycles. The Hall–Kier alpha value is -1.77. The van der Waals surface area contributed by atoms with Gasteiger partial charge in [-0.25, -0.2) is 4.79 Å². The van der Waals surface area contributed by atoms with Crippen LogP contribution in [0, 0.1) is 0 Å². The van der Waals surface area contributed by atoms with E-state index in [1.54, 1.807) is 13.8 Å². The van der Waals surface area contributed by atoms with Gasteiger partial charge in [-0.1, -0.05) is 30.3 Å². The SMILES string of the molecule is CCOC(=O)C(C)=COCc1ccccc1. The van der Waals surface area contributed by atoms with Gasteiger partial charge in [0.25, 0.3) is 0 Å². The molecule has 0 aliphatic carbocycles. The van der Waals surface area contributed by atoms with E-state index in [1.807, 2.05) is 30.3 Å². The Morgan fingerprint density at radius 1 is 1.31 bits per heavy atom. The van der Waals surface area contributed by atoms with Crippen LogP contribution in [0.5, 0.6) is 0 Å². The molecule has 0 N–H and O–H groups in total. The number of benzene rings is 1. The Balaban J connectivity index is 2.39. The van der Waals surface area contributed by atoms with Gasteiger partial charge < -0.3 is 9.47 Å². The van der Waals surface area contributed by atoms with Crippen LogP contribution in [0.4, 0.5) is 0 Å². The fourth-order valence-corrected chi connectivity index (χ4v) is 1.13. The second-order valence-electron chi connectivity index (χ2n) is 3.32. The van der Waals surface area contributed by atoms with E-state index >= 15 is 0 Å². The van der Waals surface area contributed by atoms with Crippen molar-refractivity contribution in [2.75, 3.05) is 6.61 Å². The van der Waals surface area contributed by atoms with Crippen molar-refractivity contribution in [1.82, 2.24) is 0 Å². The molecule has 16 heavy (non-hydrogen) atoms. The zero-order valence-corrected chi connectivity index (χ0v) is 9.60. The minimum atomic E-state index is -0.337. The highest BCUT2D eigenvalue weighted by molar-refractivity contribution is 5.87. The average Bonchev–Trinajstić information content (AvgIpc) is 2.30. The quantitative estimate of drug-likeness (QED) is 0.435. The van der Waals surface area contributed by atoms with Crippen molar-refractivity contribution in [2.24, 2.45) is 0 Å². The van der Waals surface area contributed by atoms with Crippen LogP contribution in [0.3, 0.4) is 0 Å². The molecule has 0 atom stereocenters. The fraction of sp³-hybridized carbons (Fsp3) is 0.308. The summed E-state index contributed by atoms with van der Waals surface area (Å²) in [6, 6.07) is 9.77. The number of carbonyl (C=O) groups excluding carboxylic acids is 1. The van der Waals surface area contributed by atoms with E-state index < -0.39 is 0 Å². The van der Waals surface area contributed by atoms with Gasteiger partial charge >= 0.3 is 5.97 Å². The number of carbonyl (C=O) groups is 1. The van der Waals surface area contributed by atoms with Crippen molar-refractivity contribution in [2.45, 2.75) is 20.5 Å². The molecule has 0 aliphatic heterocycles. The van der Waals surface area contributed by atoms with Crippen LogP contribution < -0.4 is 0 Å². The summed E-state index contributed by atoms with van der Waals surface area (Å²) in [4.78, 5) is 11.2. The summed E-state index contributed by atoms with van der Waals surface area (Å²) in [6.45, 7) is 4.28. The standard InChI is InChI=1S/C13H16O3/c1-3-16-13(14)11(2)9-15-10-12-7-5-4-6-8-12/h4-9H,3,10H2,1-2H3. The summed E-state index contributed by atoms with van der Waals surface area (Å²) in [7, 11) is 0. The van der Waals surface area contributed by atoms with Crippen molar-refractivity contribution in [3.05, 3.63) is 47.7 Å². The summed E-state index contributed by atoms with van der Waals surface area (Å²) >= 11 is 0. The van der Waals surface area contributed by atoms with E-state index in [4.69, 9.17) is 9.47 Å². The van der Waals surface area contributed by atoms with Crippen molar-refractivity contribution < 1.29 is 14.3 Å². The topological polar surface area (TPSA) is 35.5 Å². The molecule has 1 aromatic rings. The first-order valence-electron chi connectivity index (χ1n) is 5.23. The van der Waals surface area contributed by atoms with Crippen LogP contribution in [-0.4, -0.2) is 12.6 Å². The zero-order chi connectivity index (χ0) is 11.8. The van der Waals surface area contributed by atoms with Crippen molar-refractivity contribution in [3.8, 4) is 0 Å². The minimum absolute atomic E-state index is 0.337. The molecule has 0 bridgehead atoms. The highest BCUT2D eigenvalue weighted by atomic mass is 16.5. The molecule has 86 valence electrons. The third-order valence-electron chi connectivity index (χ3n) is 1.95. The molecule has 0 spiro atoms. The molecule has 1 aromatic carbocycles. The highest BCUT2D eigenvalue weighted by Gasteiger charge is 2.03. The van der Waals surface area contributed by atoms with Crippen molar-refractivity contribution in [3.63, 3.8) is 0 Å². The van der Waals surface area contributed by atoms with E-state index in [2.05, 4.69) is 0 Å².